The predicted molar refractivity (Wildman–Crippen MR) is 108 cm³/mol. The van der Waals surface area contributed by atoms with E-state index in [9.17, 15) is 18.4 Å². The normalized spacial score (nSPS) is 11.4. The van der Waals surface area contributed by atoms with Crippen LogP contribution in [-0.4, -0.2) is 24.6 Å². The van der Waals surface area contributed by atoms with E-state index >= 15 is 0 Å². The number of amides is 1. The maximum Gasteiger partial charge on any atom is 0.344 e. The van der Waals surface area contributed by atoms with E-state index in [4.69, 9.17) is 9.47 Å². The molecular weight excluding hydrogens is 392 g/mol. The minimum Gasteiger partial charge on any atom is -0.481 e. The molecule has 0 bridgehead atoms. The van der Waals surface area contributed by atoms with Crippen molar-refractivity contribution in [2.75, 3.05) is 11.9 Å². The molecule has 3 aromatic carbocycles. The van der Waals surface area contributed by atoms with E-state index < -0.39 is 36.2 Å². The molecule has 0 aliphatic carbocycles. The molecule has 1 N–H and O–H groups in total. The van der Waals surface area contributed by atoms with Gasteiger partial charge in [-0.05, 0) is 30.7 Å². The fourth-order valence-electron chi connectivity index (χ4n) is 2.70. The van der Waals surface area contributed by atoms with Gasteiger partial charge in [-0.1, -0.05) is 48.5 Å². The average molecular weight is 411 g/mol. The van der Waals surface area contributed by atoms with Gasteiger partial charge in [0.15, 0.2) is 12.7 Å². The van der Waals surface area contributed by atoms with Gasteiger partial charge in [-0.25, -0.2) is 13.6 Å². The van der Waals surface area contributed by atoms with Crippen molar-refractivity contribution < 1.29 is 27.8 Å². The van der Waals surface area contributed by atoms with E-state index in [1.165, 1.54) is 6.92 Å². The second-order valence-electron chi connectivity index (χ2n) is 6.40. The highest BCUT2D eigenvalue weighted by Crippen LogP contribution is 2.29. The summed E-state index contributed by atoms with van der Waals surface area (Å²) >= 11 is 0. The first-order valence-corrected chi connectivity index (χ1v) is 9.16. The molecule has 0 aliphatic rings. The quantitative estimate of drug-likeness (QED) is 0.578. The third kappa shape index (κ3) is 5.41. The highest BCUT2D eigenvalue weighted by atomic mass is 19.1. The van der Waals surface area contributed by atoms with Gasteiger partial charge in [0.2, 0.25) is 0 Å². The maximum absolute atomic E-state index is 13.6. The first-order valence-electron chi connectivity index (χ1n) is 9.16. The molecule has 0 saturated carbocycles. The monoisotopic (exact) mass is 411 g/mol. The standard InChI is InChI=1S/C23H19F2NO4/c1-15(23(28)26-20-13-17(24)11-12-19(20)25)30-22(27)14-29-21-10-6-5-9-18(21)16-7-3-2-4-8-16/h2-13,15H,14H2,1H3,(H,26,28). The van der Waals surface area contributed by atoms with Crippen molar-refractivity contribution in [2.45, 2.75) is 13.0 Å². The van der Waals surface area contributed by atoms with Crippen molar-refractivity contribution in [2.24, 2.45) is 0 Å². The van der Waals surface area contributed by atoms with Crippen LogP contribution in [0.2, 0.25) is 0 Å². The van der Waals surface area contributed by atoms with E-state index in [0.29, 0.717) is 5.75 Å². The van der Waals surface area contributed by atoms with Crippen LogP contribution in [0.3, 0.4) is 0 Å². The molecule has 1 amide bonds. The number of halogens is 2. The number of benzene rings is 3. The molecular formula is C23H19F2NO4. The van der Waals surface area contributed by atoms with Gasteiger partial charge >= 0.3 is 5.97 Å². The lowest BCUT2D eigenvalue weighted by atomic mass is 10.1. The Kier molecular flexibility index (Phi) is 6.75. The third-order valence-corrected chi connectivity index (χ3v) is 4.18. The lowest BCUT2D eigenvalue weighted by Gasteiger charge is -2.15. The Morgan fingerprint density at radius 2 is 1.67 bits per heavy atom. The lowest BCUT2D eigenvalue weighted by Crippen LogP contribution is -2.32. The predicted octanol–water partition coefficient (Wildman–Crippen LogP) is 4.58. The largest absolute Gasteiger partial charge is 0.481 e. The minimum absolute atomic E-state index is 0.337. The first kappa shape index (κ1) is 21.0. The van der Waals surface area contributed by atoms with Crippen molar-refractivity contribution in [3.05, 3.63) is 84.4 Å². The second-order valence-corrected chi connectivity index (χ2v) is 6.40. The average Bonchev–Trinajstić information content (AvgIpc) is 2.75. The number of hydrogen-bond donors (Lipinski definition) is 1. The summed E-state index contributed by atoms with van der Waals surface area (Å²) in [6, 6.07) is 19.4. The van der Waals surface area contributed by atoms with Crippen LogP contribution in [0.25, 0.3) is 11.1 Å². The van der Waals surface area contributed by atoms with Crippen LogP contribution >= 0.6 is 0 Å². The zero-order valence-corrected chi connectivity index (χ0v) is 16.1. The molecule has 1 atom stereocenters. The maximum atomic E-state index is 13.6. The lowest BCUT2D eigenvalue weighted by molar-refractivity contribution is -0.155. The second kappa shape index (κ2) is 9.65. The van der Waals surface area contributed by atoms with Gasteiger partial charge in [0.1, 0.15) is 17.4 Å². The number of rotatable bonds is 7. The van der Waals surface area contributed by atoms with Crippen LogP contribution in [0.1, 0.15) is 6.92 Å². The first-order chi connectivity index (χ1) is 14.4. The fourth-order valence-corrected chi connectivity index (χ4v) is 2.70. The molecule has 0 saturated heterocycles. The van der Waals surface area contributed by atoms with Gasteiger partial charge in [-0.3, -0.25) is 4.79 Å². The van der Waals surface area contributed by atoms with Crippen molar-refractivity contribution in [3.63, 3.8) is 0 Å². The Bertz CT molecular complexity index is 1040. The molecule has 154 valence electrons. The van der Waals surface area contributed by atoms with E-state index in [1.54, 1.807) is 12.1 Å². The smallest absolute Gasteiger partial charge is 0.344 e. The molecule has 5 nitrogen and oxygen atoms in total. The summed E-state index contributed by atoms with van der Waals surface area (Å²) in [5, 5.41) is 2.19. The van der Waals surface area contributed by atoms with Crippen molar-refractivity contribution >= 4 is 17.6 Å². The number of nitrogens with one attached hydrogen (secondary N) is 1. The van der Waals surface area contributed by atoms with E-state index in [-0.39, 0.29) is 5.69 Å². The summed E-state index contributed by atoms with van der Waals surface area (Å²) in [5.74, 6) is -2.59. The number of hydrogen-bond acceptors (Lipinski definition) is 4. The van der Waals surface area contributed by atoms with E-state index in [2.05, 4.69) is 5.32 Å². The number of carbonyl (C=O) groups is 2. The molecule has 3 rings (SSSR count). The Hall–Kier alpha value is -3.74. The van der Waals surface area contributed by atoms with E-state index in [0.717, 1.165) is 29.3 Å². The van der Waals surface area contributed by atoms with Gasteiger partial charge < -0.3 is 14.8 Å². The summed E-state index contributed by atoms with van der Waals surface area (Å²) < 4.78 is 37.4. The van der Waals surface area contributed by atoms with Gasteiger partial charge in [-0.15, -0.1) is 0 Å². The number of ether oxygens (including phenoxy) is 2. The molecule has 0 aliphatic heterocycles. The Morgan fingerprint density at radius 1 is 0.967 bits per heavy atom. The number of anilines is 1. The van der Waals surface area contributed by atoms with Crippen molar-refractivity contribution in [1.82, 2.24) is 0 Å². The van der Waals surface area contributed by atoms with Gasteiger partial charge in [0.05, 0.1) is 5.69 Å². The number of para-hydroxylation sites is 1. The Morgan fingerprint density at radius 3 is 2.43 bits per heavy atom. The molecule has 3 aromatic rings. The third-order valence-electron chi connectivity index (χ3n) is 4.18. The van der Waals surface area contributed by atoms with Crippen molar-refractivity contribution in [1.29, 1.82) is 0 Å². The van der Waals surface area contributed by atoms with Crippen LogP contribution in [-0.2, 0) is 14.3 Å². The summed E-state index contributed by atoms with van der Waals surface area (Å²) in [6.07, 6.45) is -1.23. The Balaban J connectivity index is 1.57. The molecule has 30 heavy (non-hydrogen) atoms. The van der Waals surface area contributed by atoms with Crippen LogP contribution < -0.4 is 10.1 Å². The molecule has 0 heterocycles. The SMILES string of the molecule is CC(OC(=O)COc1ccccc1-c1ccccc1)C(=O)Nc1cc(F)ccc1F. The van der Waals surface area contributed by atoms with Crippen LogP contribution in [0.4, 0.5) is 14.5 Å². The summed E-state index contributed by atoms with van der Waals surface area (Å²) in [6.45, 7) is 0.901. The van der Waals surface area contributed by atoms with Gasteiger partial charge in [0.25, 0.3) is 5.91 Å². The molecule has 7 heteroatoms. The van der Waals surface area contributed by atoms with Crippen molar-refractivity contribution in [3.8, 4) is 16.9 Å². The number of carbonyl (C=O) groups excluding carboxylic acids is 2. The summed E-state index contributed by atoms with van der Waals surface area (Å²) in [7, 11) is 0. The topological polar surface area (TPSA) is 64.6 Å². The highest BCUT2D eigenvalue weighted by Gasteiger charge is 2.20. The minimum atomic E-state index is -1.23. The van der Waals surface area contributed by atoms with Crippen LogP contribution in [0.5, 0.6) is 5.75 Å². The fraction of sp³-hybridized carbons (Fsp3) is 0.130. The van der Waals surface area contributed by atoms with Gasteiger partial charge in [0, 0.05) is 11.6 Å². The Labute approximate surface area is 172 Å². The van der Waals surface area contributed by atoms with Crippen LogP contribution in [0.15, 0.2) is 72.8 Å². The number of esters is 1. The molecule has 1 unspecified atom stereocenters. The molecule has 0 fully saturated rings. The van der Waals surface area contributed by atoms with Gasteiger partial charge in [-0.2, -0.15) is 0 Å². The zero-order valence-electron chi connectivity index (χ0n) is 16.1. The van der Waals surface area contributed by atoms with E-state index in [1.807, 2.05) is 42.5 Å². The van der Waals surface area contributed by atoms with Crippen LogP contribution in [0, 0.1) is 11.6 Å². The summed E-state index contributed by atoms with van der Waals surface area (Å²) in [4.78, 5) is 24.2. The highest BCUT2D eigenvalue weighted by molar-refractivity contribution is 5.95. The summed E-state index contributed by atoms with van der Waals surface area (Å²) in [5.41, 5.74) is 1.39. The zero-order chi connectivity index (χ0) is 21.5. The molecule has 0 spiro atoms. The molecule has 0 radical (unpaired) electrons. The molecule has 0 aromatic heterocycles.